The second kappa shape index (κ2) is 7.70. The summed E-state index contributed by atoms with van der Waals surface area (Å²) >= 11 is 1.49. The number of nitrogens with one attached hydrogen (secondary N) is 2. The van der Waals surface area contributed by atoms with Gasteiger partial charge in [0.05, 0.1) is 17.9 Å². The van der Waals surface area contributed by atoms with E-state index in [1.54, 1.807) is 18.5 Å². The molecule has 3 rings (SSSR count). The molecule has 2 heterocycles. The van der Waals surface area contributed by atoms with E-state index < -0.39 is 0 Å². The Bertz CT molecular complexity index is 809. The van der Waals surface area contributed by atoms with E-state index in [1.165, 1.54) is 17.4 Å². The van der Waals surface area contributed by atoms with Crippen LogP contribution in [0.15, 0.2) is 54.2 Å². The third-order valence-electron chi connectivity index (χ3n) is 3.56. The monoisotopic (exact) mass is 338 g/mol. The predicted molar refractivity (Wildman–Crippen MR) is 96.3 cm³/mol. The van der Waals surface area contributed by atoms with Gasteiger partial charge in [0, 0.05) is 17.7 Å². The molecule has 24 heavy (non-hydrogen) atoms. The van der Waals surface area contributed by atoms with Crippen LogP contribution in [0.1, 0.15) is 30.2 Å². The Hall–Kier alpha value is -2.73. The molecule has 1 atom stereocenters. The molecular formula is C18H18N4OS. The number of imidazole rings is 1. The van der Waals surface area contributed by atoms with Crippen LogP contribution in [0.5, 0.6) is 0 Å². The maximum absolute atomic E-state index is 12.1. The van der Waals surface area contributed by atoms with Crippen molar-refractivity contribution in [2.75, 3.05) is 0 Å². The van der Waals surface area contributed by atoms with Crippen LogP contribution in [0, 0.1) is 0 Å². The average molecular weight is 338 g/mol. The van der Waals surface area contributed by atoms with Crippen LogP contribution >= 0.6 is 11.3 Å². The number of thiazole rings is 1. The molecule has 0 aliphatic heterocycles. The smallest absolute Gasteiger partial charge is 0.244 e. The lowest BCUT2D eigenvalue weighted by atomic mass is 10.2. The molecule has 2 aromatic heterocycles. The maximum Gasteiger partial charge on any atom is 0.244 e. The summed E-state index contributed by atoms with van der Waals surface area (Å²) < 4.78 is 0. The first-order valence-electron chi connectivity index (χ1n) is 7.74. The van der Waals surface area contributed by atoms with Gasteiger partial charge < -0.3 is 10.3 Å². The molecule has 0 spiro atoms. The standard InChI is InChI=1S/C18H18N4OS/c1-2-14(21-16(23)8-9-17-19-10-11-24-17)18-20-12-15(22-18)13-6-4-3-5-7-13/h3-12,14H,2H2,1H3,(H,20,22)(H,21,23)/b9-8+/t14-/m1/s1. The molecule has 1 amide bonds. The number of carbonyl (C=O) groups excluding carboxylic acids is 1. The van der Waals surface area contributed by atoms with Crippen molar-refractivity contribution < 1.29 is 4.79 Å². The van der Waals surface area contributed by atoms with E-state index in [0.29, 0.717) is 0 Å². The van der Waals surface area contributed by atoms with Gasteiger partial charge in [-0.2, -0.15) is 0 Å². The van der Waals surface area contributed by atoms with Crippen molar-refractivity contribution in [3.8, 4) is 11.3 Å². The fourth-order valence-electron chi connectivity index (χ4n) is 2.33. The average Bonchev–Trinajstić information content (AvgIpc) is 3.30. The zero-order chi connectivity index (χ0) is 16.8. The first kappa shape index (κ1) is 16.1. The number of benzene rings is 1. The summed E-state index contributed by atoms with van der Waals surface area (Å²) in [6.45, 7) is 2.01. The minimum atomic E-state index is -0.158. The highest BCUT2D eigenvalue weighted by atomic mass is 32.1. The van der Waals surface area contributed by atoms with Crippen LogP contribution in [0.3, 0.4) is 0 Å². The number of hydrogen-bond donors (Lipinski definition) is 2. The summed E-state index contributed by atoms with van der Waals surface area (Å²) in [5, 5.41) is 5.65. The van der Waals surface area contributed by atoms with E-state index in [-0.39, 0.29) is 11.9 Å². The number of H-pyrrole nitrogens is 1. The molecule has 0 aliphatic rings. The van der Waals surface area contributed by atoms with Gasteiger partial charge in [-0.05, 0) is 18.1 Å². The van der Waals surface area contributed by atoms with E-state index in [0.717, 1.165) is 28.5 Å². The van der Waals surface area contributed by atoms with Crippen LogP contribution in [-0.2, 0) is 4.79 Å². The summed E-state index contributed by atoms with van der Waals surface area (Å²) in [6, 6.07) is 9.83. The Morgan fingerprint density at radius 1 is 1.33 bits per heavy atom. The van der Waals surface area contributed by atoms with Crippen LogP contribution in [0.4, 0.5) is 0 Å². The van der Waals surface area contributed by atoms with Gasteiger partial charge in [0.15, 0.2) is 0 Å². The lowest BCUT2D eigenvalue weighted by Gasteiger charge is -2.13. The number of carbonyl (C=O) groups is 1. The second-order valence-corrected chi connectivity index (χ2v) is 6.15. The van der Waals surface area contributed by atoms with Crippen molar-refractivity contribution in [2.45, 2.75) is 19.4 Å². The van der Waals surface area contributed by atoms with Crippen LogP contribution in [-0.4, -0.2) is 20.9 Å². The van der Waals surface area contributed by atoms with Gasteiger partial charge in [0.2, 0.25) is 5.91 Å². The van der Waals surface area contributed by atoms with Crippen molar-refractivity contribution in [3.63, 3.8) is 0 Å². The first-order valence-corrected chi connectivity index (χ1v) is 8.62. The van der Waals surface area contributed by atoms with E-state index in [1.807, 2.05) is 42.6 Å². The third-order valence-corrected chi connectivity index (χ3v) is 4.30. The number of amides is 1. The number of rotatable bonds is 6. The summed E-state index contributed by atoms with van der Waals surface area (Å²) in [5.41, 5.74) is 2.01. The van der Waals surface area contributed by atoms with E-state index in [2.05, 4.69) is 20.3 Å². The van der Waals surface area contributed by atoms with Gasteiger partial charge in [0.1, 0.15) is 10.8 Å². The summed E-state index contributed by atoms with van der Waals surface area (Å²) in [7, 11) is 0. The van der Waals surface area contributed by atoms with Gasteiger partial charge >= 0.3 is 0 Å². The zero-order valence-corrected chi connectivity index (χ0v) is 14.1. The Morgan fingerprint density at radius 3 is 2.88 bits per heavy atom. The van der Waals surface area contributed by atoms with Gasteiger partial charge in [-0.3, -0.25) is 4.79 Å². The van der Waals surface area contributed by atoms with Crippen molar-refractivity contribution in [1.82, 2.24) is 20.3 Å². The minimum absolute atomic E-state index is 0.157. The molecule has 0 aliphatic carbocycles. The Morgan fingerprint density at radius 2 is 2.17 bits per heavy atom. The number of nitrogens with zero attached hydrogens (tertiary/aromatic N) is 2. The van der Waals surface area contributed by atoms with Crippen molar-refractivity contribution in [2.24, 2.45) is 0 Å². The summed E-state index contributed by atoms with van der Waals surface area (Å²) in [4.78, 5) is 23.9. The van der Waals surface area contributed by atoms with E-state index >= 15 is 0 Å². The molecule has 0 fully saturated rings. The quantitative estimate of drug-likeness (QED) is 0.671. The molecular weight excluding hydrogens is 320 g/mol. The lowest BCUT2D eigenvalue weighted by molar-refractivity contribution is -0.117. The lowest BCUT2D eigenvalue weighted by Crippen LogP contribution is -2.27. The topological polar surface area (TPSA) is 70.7 Å². The second-order valence-electron chi connectivity index (χ2n) is 5.22. The molecule has 0 saturated heterocycles. The third kappa shape index (κ3) is 3.97. The molecule has 1 aromatic carbocycles. The number of hydrogen-bond acceptors (Lipinski definition) is 4. The van der Waals surface area contributed by atoms with Gasteiger partial charge in [-0.25, -0.2) is 9.97 Å². The highest BCUT2D eigenvalue weighted by Crippen LogP contribution is 2.20. The predicted octanol–water partition coefficient (Wildman–Crippen LogP) is 3.81. The van der Waals surface area contributed by atoms with Crippen LogP contribution < -0.4 is 5.32 Å². The Labute approximate surface area is 144 Å². The molecule has 0 radical (unpaired) electrons. The van der Waals surface area contributed by atoms with Crippen molar-refractivity contribution >= 4 is 23.3 Å². The normalized spacial score (nSPS) is 12.4. The SMILES string of the molecule is CC[C@@H](NC(=O)/C=C/c1nccs1)c1ncc(-c2ccccc2)[nH]1. The van der Waals surface area contributed by atoms with Crippen molar-refractivity contribution in [3.05, 3.63) is 65.0 Å². The fraction of sp³-hybridized carbons (Fsp3) is 0.167. The van der Waals surface area contributed by atoms with Crippen molar-refractivity contribution in [1.29, 1.82) is 0 Å². The molecule has 5 nitrogen and oxygen atoms in total. The summed E-state index contributed by atoms with van der Waals surface area (Å²) in [5.74, 6) is 0.599. The molecule has 2 N–H and O–H groups in total. The maximum atomic E-state index is 12.1. The molecule has 0 saturated carbocycles. The molecule has 0 bridgehead atoms. The zero-order valence-electron chi connectivity index (χ0n) is 13.3. The summed E-state index contributed by atoms with van der Waals surface area (Å²) in [6.07, 6.45) is 7.47. The van der Waals surface area contributed by atoms with Crippen LogP contribution in [0.25, 0.3) is 17.3 Å². The number of aromatic amines is 1. The Balaban J connectivity index is 1.68. The Kier molecular flexibility index (Phi) is 5.18. The molecule has 6 heteroatoms. The van der Waals surface area contributed by atoms with Gasteiger partial charge in [-0.1, -0.05) is 37.3 Å². The van der Waals surface area contributed by atoms with E-state index in [9.17, 15) is 4.79 Å². The number of aromatic nitrogens is 3. The van der Waals surface area contributed by atoms with Gasteiger partial charge in [-0.15, -0.1) is 11.3 Å². The first-order chi connectivity index (χ1) is 11.8. The molecule has 122 valence electrons. The van der Waals surface area contributed by atoms with E-state index in [4.69, 9.17) is 0 Å². The van der Waals surface area contributed by atoms with Crippen LogP contribution in [0.2, 0.25) is 0 Å². The largest absolute Gasteiger partial charge is 0.343 e. The fourth-order valence-corrected chi connectivity index (χ4v) is 2.85. The molecule has 0 unspecified atom stereocenters. The molecule has 3 aromatic rings. The van der Waals surface area contributed by atoms with Gasteiger partial charge in [0.25, 0.3) is 0 Å². The minimum Gasteiger partial charge on any atom is -0.343 e. The highest BCUT2D eigenvalue weighted by Gasteiger charge is 2.15. The highest BCUT2D eigenvalue weighted by molar-refractivity contribution is 7.10.